The third kappa shape index (κ3) is 3.37. The summed E-state index contributed by atoms with van der Waals surface area (Å²) in [4.78, 5) is 27.7. The molecule has 0 spiro atoms. The Morgan fingerprint density at radius 3 is 2.50 bits per heavy atom. The summed E-state index contributed by atoms with van der Waals surface area (Å²) in [6, 6.07) is -0.520. The second-order valence-electron chi connectivity index (χ2n) is 5.28. The molecule has 6 nitrogen and oxygen atoms in total. The van der Waals surface area contributed by atoms with E-state index in [2.05, 4.69) is 6.58 Å². The minimum absolute atomic E-state index is 0.0602. The van der Waals surface area contributed by atoms with E-state index >= 15 is 0 Å². The first-order valence-electron chi connectivity index (χ1n) is 7.19. The molecule has 2 amide bonds. The van der Waals surface area contributed by atoms with Gasteiger partial charge in [0.05, 0.1) is 6.04 Å². The fourth-order valence-corrected chi connectivity index (χ4v) is 2.64. The second-order valence-corrected chi connectivity index (χ2v) is 5.28. The van der Waals surface area contributed by atoms with E-state index in [1.807, 2.05) is 0 Å². The molecule has 2 aliphatic rings. The summed E-state index contributed by atoms with van der Waals surface area (Å²) in [6.07, 6.45) is 3.61. The zero-order valence-corrected chi connectivity index (χ0v) is 11.8. The van der Waals surface area contributed by atoms with Crippen molar-refractivity contribution in [1.29, 1.82) is 0 Å². The zero-order chi connectivity index (χ0) is 14.5. The molecule has 2 saturated heterocycles. The summed E-state index contributed by atoms with van der Waals surface area (Å²) >= 11 is 0. The van der Waals surface area contributed by atoms with Crippen LogP contribution in [0.15, 0.2) is 12.7 Å². The molecule has 6 heteroatoms. The van der Waals surface area contributed by atoms with Gasteiger partial charge in [0.25, 0.3) is 5.91 Å². The molecular weight excluding hydrogens is 258 g/mol. The summed E-state index contributed by atoms with van der Waals surface area (Å²) < 4.78 is 5.41. The molecular formula is C14H23N3O3. The van der Waals surface area contributed by atoms with Crippen LogP contribution >= 0.6 is 0 Å². The highest BCUT2D eigenvalue weighted by Gasteiger charge is 2.32. The second kappa shape index (κ2) is 6.85. The van der Waals surface area contributed by atoms with Crippen molar-refractivity contribution in [2.24, 2.45) is 5.73 Å². The molecule has 0 saturated carbocycles. The summed E-state index contributed by atoms with van der Waals surface area (Å²) in [5.41, 5.74) is 5.79. The van der Waals surface area contributed by atoms with Gasteiger partial charge >= 0.3 is 0 Å². The summed E-state index contributed by atoms with van der Waals surface area (Å²) in [5.74, 6) is -0.000829. The van der Waals surface area contributed by atoms with E-state index in [4.69, 9.17) is 10.5 Å². The average molecular weight is 281 g/mol. The number of rotatable bonds is 4. The number of nitrogens with two attached hydrogens (primary N) is 1. The van der Waals surface area contributed by atoms with E-state index in [1.165, 1.54) is 0 Å². The number of hydrogen-bond acceptors (Lipinski definition) is 4. The van der Waals surface area contributed by atoms with Gasteiger partial charge in [-0.3, -0.25) is 9.59 Å². The van der Waals surface area contributed by atoms with Crippen LogP contribution in [0.1, 0.15) is 19.3 Å². The van der Waals surface area contributed by atoms with Gasteiger partial charge in [-0.25, -0.2) is 0 Å². The van der Waals surface area contributed by atoms with Crippen LogP contribution in [0.2, 0.25) is 0 Å². The SMILES string of the molecule is C=CCC(N)C(=O)N1CCN(C(=O)C2CCCO2)CC1. The lowest BCUT2D eigenvalue weighted by molar-refractivity contribution is -0.146. The van der Waals surface area contributed by atoms with Crippen molar-refractivity contribution in [3.8, 4) is 0 Å². The molecule has 112 valence electrons. The lowest BCUT2D eigenvalue weighted by Crippen LogP contribution is -2.55. The van der Waals surface area contributed by atoms with Crippen LogP contribution in [-0.4, -0.2) is 66.5 Å². The van der Waals surface area contributed by atoms with Crippen molar-refractivity contribution in [2.45, 2.75) is 31.4 Å². The smallest absolute Gasteiger partial charge is 0.251 e. The van der Waals surface area contributed by atoms with Gasteiger partial charge < -0.3 is 20.3 Å². The zero-order valence-electron chi connectivity index (χ0n) is 11.8. The predicted molar refractivity (Wildman–Crippen MR) is 74.9 cm³/mol. The Kier molecular flexibility index (Phi) is 5.14. The third-order valence-electron chi connectivity index (χ3n) is 3.85. The van der Waals surface area contributed by atoms with Gasteiger partial charge in [0.1, 0.15) is 6.10 Å². The summed E-state index contributed by atoms with van der Waals surface area (Å²) in [7, 11) is 0. The predicted octanol–water partition coefficient (Wildman–Crippen LogP) is -0.260. The van der Waals surface area contributed by atoms with Crippen LogP contribution < -0.4 is 5.73 Å². The van der Waals surface area contributed by atoms with Crippen LogP contribution in [0, 0.1) is 0 Å². The number of amides is 2. The van der Waals surface area contributed by atoms with Crippen molar-refractivity contribution < 1.29 is 14.3 Å². The van der Waals surface area contributed by atoms with Gasteiger partial charge in [0.15, 0.2) is 0 Å². The fraction of sp³-hybridized carbons (Fsp3) is 0.714. The van der Waals surface area contributed by atoms with Crippen LogP contribution in [0.25, 0.3) is 0 Å². The molecule has 20 heavy (non-hydrogen) atoms. The topological polar surface area (TPSA) is 75.9 Å². The molecule has 0 radical (unpaired) electrons. The number of ether oxygens (including phenoxy) is 1. The van der Waals surface area contributed by atoms with Gasteiger partial charge in [-0.2, -0.15) is 0 Å². The maximum absolute atomic E-state index is 12.2. The average Bonchev–Trinajstić information content (AvgIpc) is 3.00. The first-order chi connectivity index (χ1) is 9.63. The van der Waals surface area contributed by atoms with Gasteiger partial charge in [-0.1, -0.05) is 6.08 Å². The first kappa shape index (κ1) is 15.0. The molecule has 2 fully saturated rings. The van der Waals surface area contributed by atoms with E-state index in [0.29, 0.717) is 39.2 Å². The largest absolute Gasteiger partial charge is 0.368 e. The number of carbonyl (C=O) groups is 2. The molecule has 2 atom stereocenters. The molecule has 0 aromatic rings. The van der Waals surface area contributed by atoms with Gasteiger partial charge in [0, 0.05) is 32.8 Å². The quantitative estimate of drug-likeness (QED) is 0.720. The van der Waals surface area contributed by atoms with Crippen molar-refractivity contribution in [2.75, 3.05) is 32.8 Å². The number of piperazine rings is 1. The van der Waals surface area contributed by atoms with Crippen molar-refractivity contribution in [3.05, 3.63) is 12.7 Å². The van der Waals surface area contributed by atoms with E-state index in [9.17, 15) is 9.59 Å². The minimum atomic E-state index is -0.520. The van der Waals surface area contributed by atoms with Crippen molar-refractivity contribution in [3.63, 3.8) is 0 Å². The molecule has 0 aromatic carbocycles. The van der Waals surface area contributed by atoms with E-state index in [-0.39, 0.29) is 17.9 Å². The van der Waals surface area contributed by atoms with Crippen LogP contribution in [-0.2, 0) is 14.3 Å². The Morgan fingerprint density at radius 1 is 1.30 bits per heavy atom. The molecule has 2 unspecified atom stereocenters. The molecule has 2 N–H and O–H groups in total. The van der Waals surface area contributed by atoms with Gasteiger partial charge in [-0.05, 0) is 19.3 Å². The maximum Gasteiger partial charge on any atom is 0.251 e. The highest BCUT2D eigenvalue weighted by Crippen LogP contribution is 2.16. The standard InChI is InChI=1S/C14H23N3O3/c1-2-4-11(15)13(18)16-6-8-17(9-7-16)14(19)12-5-3-10-20-12/h2,11-12H,1,3-10,15H2. The first-order valence-corrected chi connectivity index (χ1v) is 7.19. The Hall–Kier alpha value is -1.40. The van der Waals surface area contributed by atoms with Gasteiger partial charge in [0.2, 0.25) is 5.91 Å². The van der Waals surface area contributed by atoms with E-state index in [1.54, 1.807) is 15.9 Å². The lowest BCUT2D eigenvalue weighted by Gasteiger charge is -2.36. The molecule has 2 heterocycles. The Labute approximate surface area is 119 Å². The molecule has 0 aliphatic carbocycles. The molecule has 0 aromatic heterocycles. The third-order valence-corrected chi connectivity index (χ3v) is 3.85. The van der Waals surface area contributed by atoms with Crippen LogP contribution in [0.4, 0.5) is 0 Å². The Balaban J connectivity index is 1.81. The Morgan fingerprint density at radius 2 is 1.95 bits per heavy atom. The highest BCUT2D eigenvalue weighted by atomic mass is 16.5. The van der Waals surface area contributed by atoms with Crippen LogP contribution in [0.3, 0.4) is 0 Å². The minimum Gasteiger partial charge on any atom is -0.368 e. The summed E-state index contributed by atoms with van der Waals surface area (Å²) in [6.45, 7) is 6.47. The highest BCUT2D eigenvalue weighted by molar-refractivity contribution is 5.83. The van der Waals surface area contributed by atoms with Crippen molar-refractivity contribution >= 4 is 11.8 Å². The number of hydrogen-bond donors (Lipinski definition) is 1. The van der Waals surface area contributed by atoms with Crippen molar-refractivity contribution in [1.82, 2.24) is 9.80 Å². The fourth-order valence-electron chi connectivity index (χ4n) is 2.64. The Bertz CT molecular complexity index is 372. The van der Waals surface area contributed by atoms with E-state index in [0.717, 1.165) is 12.8 Å². The molecule has 0 bridgehead atoms. The lowest BCUT2D eigenvalue weighted by atomic mass is 10.1. The molecule has 2 rings (SSSR count). The normalized spacial score (nSPS) is 24.6. The van der Waals surface area contributed by atoms with Gasteiger partial charge in [-0.15, -0.1) is 6.58 Å². The maximum atomic E-state index is 12.2. The number of carbonyl (C=O) groups excluding carboxylic acids is 2. The molecule has 2 aliphatic heterocycles. The summed E-state index contributed by atoms with van der Waals surface area (Å²) in [5, 5.41) is 0. The number of nitrogens with zero attached hydrogens (tertiary/aromatic N) is 2. The van der Waals surface area contributed by atoms with Crippen LogP contribution in [0.5, 0.6) is 0 Å². The monoisotopic (exact) mass is 281 g/mol. The van der Waals surface area contributed by atoms with E-state index < -0.39 is 6.04 Å².